The Balaban J connectivity index is 1.97. The largest absolute Gasteiger partial charge is 0.454 e. The van der Waals surface area contributed by atoms with Gasteiger partial charge in [0.15, 0.2) is 0 Å². The summed E-state index contributed by atoms with van der Waals surface area (Å²) in [5, 5.41) is 18.4. The maximum Gasteiger partial charge on any atom is 0.454 e. The van der Waals surface area contributed by atoms with Gasteiger partial charge in [0, 0.05) is 6.61 Å². The fraction of sp³-hybridized carbons (Fsp3) is 1.00. The van der Waals surface area contributed by atoms with E-state index in [1.807, 2.05) is 0 Å². The Morgan fingerprint density at radius 3 is 2.50 bits per heavy atom. The van der Waals surface area contributed by atoms with Crippen molar-refractivity contribution in [2.24, 2.45) is 0 Å². The van der Waals surface area contributed by atoms with Crippen LogP contribution in [0.4, 0.5) is 0 Å². The van der Waals surface area contributed by atoms with Gasteiger partial charge >= 0.3 is 7.12 Å². The van der Waals surface area contributed by atoms with E-state index in [2.05, 4.69) is 0 Å². The third kappa shape index (κ3) is 2.13. The molecule has 2 rings (SSSR count). The van der Waals surface area contributed by atoms with E-state index in [1.54, 1.807) is 0 Å². The van der Waals surface area contributed by atoms with Crippen LogP contribution in [-0.4, -0.2) is 29.4 Å². The highest BCUT2D eigenvalue weighted by Crippen LogP contribution is 2.42. The van der Waals surface area contributed by atoms with Crippen LogP contribution in [0.25, 0.3) is 0 Å². The Hall–Kier alpha value is -0.0551. The molecule has 14 heavy (non-hydrogen) atoms. The van der Waals surface area contributed by atoms with Crippen molar-refractivity contribution in [1.82, 2.24) is 0 Å². The molecule has 80 valence electrons. The highest BCUT2D eigenvalue weighted by atomic mass is 16.5. The van der Waals surface area contributed by atoms with Crippen molar-refractivity contribution < 1.29 is 14.8 Å². The van der Waals surface area contributed by atoms with Crippen LogP contribution in [0.2, 0.25) is 5.82 Å². The zero-order valence-electron chi connectivity index (χ0n) is 8.61. The van der Waals surface area contributed by atoms with Crippen molar-refractivity contribution in [3.05, 3.63) is 0 Å². The van der Waals surface area contributed by atoms with E-state index >= 15 is 0 Å². The molecule has 1 saturated heterocycles. The van der Waals surface area contributed by atoms with Crippen LogP contribution in [0.1, 0.15) is 44.9 Å². The van der Waals surface area contributed by atoms with E-state index in [-0.39, 0.29) is 11.4 Å². The normalized spacial score (nSPS) is 31.7. The molecular weight excluding hydrogens is 179 g/mol. The Morgan fingerprint density at radius 2 is 1.86 bits per heavy atom. The van der Waals surface area contributed by atoms with Crippen molar-refractivity contribution in [2.75, 3.05) is 6.61 Å². The standard InChI is InChI=1S/C10H19BO3/c12-11(13)9-4-7-14-10(8-9)5-2-1-3-6-10/h9,12-13H,1-8H2. The summed E-state index contributed by atoms with van der Waals surface area (Å²) in [5.74, 6) is 0.0295. The first kappa shape index (κ1) is 10.5. The zero-order chi connectivity index (χ0) is 10.0. The predicted octanol–water partition coefficient (Wildman–Crippen LogP) is 1.34. The van der Waals surface area contributed by atoms with Crippen LogP contribution in [-0.2, 0) is 4.74 Å². The molecule has 2 N–H and O–H groups in total. The molecule has 0 radical (unpaired) electrons. The number of hydrogen-bond donors (Lipinski definition) is 2. The van der Waals surface area contributed by atoms with Crippen molar-refractivity contribution in [2.45, 2.75) is 56.4 Å². The minimum Gasteiger partial charge on any atom is -0.427 e. The van der Waals surface area contributed by atoms with Gasteiger partial charge in [0.25, 0.3) is 0 Å². The maximum absolute atomic E-state index is 9.19. The second-order valence-corrected chi connectivity index (χ2v) is 4.76. The molecule has 2 fully saturated rings. The molecule has 1 aliphatic heterocycles. The molecule has 0 bridgehead atoms. The van der Waals surface area contributed by atoms with Crippen LogP contribution in [0.5, 0.6) is 0 Å². The lowest BCUT2D eigenvalue weighted by atomic mass is 9.62. The molecule has 3 nitrogen and oxygen atoms in total. The third-order valence-electron chi connectivity index (χ3n) is 3.72. The lowest BCUT2D eigenvalue weighted by Crippen LogP contribution is -2.43. The molecule has 1 saturated carbocycles. The topological polar surface area (TPSA) is 49.7 Å². The molecule has 1 heterocycles. The summed E-state index contributed by atoms with van der Waals surface area (Å²) in [6, 6.07) is 0. The second-order valence-electron chi connectivity index (χ2n) is 4.76. The molecule has 1 spiro atoms. The number of ether oxygens (including phenoxy) is 1. The van der Waals surface area contributed by atoms with Crippen molar-refractivity contribution >= 4 is 7.12 Å². The zero-order valence-corrected chi connectivity index (χ0v) is 8.61. The fourth-order valence-corrected chi connectivity index (χ4v) is 2.86. The fourth-order valence-electron chi connectivity index (χ4n) is 2.86. The van der Waals surface area contributed by atoms with E-state index in [4.69, 9.17) is 4.74 Å². The Bertz CT molecular complexity index is 184. The van der Waals surface area contributed by atoms with Crippen molar-refractivity contribution in [1.29, 1.82) is 0 Å². The van der Waals surface area contributed by atoms with E-state index in [0.717, 1.165) is 25.7 Å². The first-order valence-corrected chi connectivity index (χ1v) is 5.72. The minimum atomic E-state index is -1.15. The Labute approximate surface area is 85.6 Å². The van der Waals surface area contributed by atoms with Gasteiger partial charge in [-0.15, -0.1) is 0 Å². The van der Waals surface area contributed by atoms with Crippen molar-refractivity contribution in [3.8, 4) is 0 Å². The van der Waals surface area contributed by atoms with Crippen LogP contribution in [0.15, 0.2) is 0 Å². The highest BCUT2D eigenvalue weighted by molar-refractivity contribution is 6.43. The van der Waals surface area contributed by atoms with Crippen LogP contribution >= 0.6 is 0 Å². The molecule has 0 amide bonds. The number of hydrogen-bond acceptors (Lipinski definition) is 3. The first-order chi connectivity index (χ1) is 6.72. The molecule has 2 aliphatic rings. The summed E-state index contributed by atoms with van der Waals surface area (Å²) >= 11 is 0. The average molecular weight is 198 g/mol. The SMILES string of the molecule is OB(O)C1CCOC2(CCCCC2)C1. The third-order valence-corrected chi connectivity index (χ3v) is 3.72. The van der Waals surface area contributed by atoms with Gasteiger partial charge in [0.05, 0.1) is 5.60 Å². The van der Waals surface area contributed by atoms with Gasteiger partial charge in [-0.3, -0.25) is 0 Å². The smallest absolute Gasteiger partial charge is 0.427 e. The summed E-state index contributed by atoms with van der Waals surface area (Å²) in [6.45, 7) is 0.697. The molecule has 0 aromatic carbocycles. The van der Waals surface area contributed by atoms with Gasteiger partial charge in [-0.2, -0.15) is 0 Å². The molecule has 1 atom stereocenters. The van der Waals surface area contributed by atoms with E-state index in [9.17, 15) is 10.0 Å². The summed E-state index contributed by atoms with van der Waals surface area (Å²) in [7, 11) is -1.15. The maximum atomic E-state index is 9.19. The Kier molecular flexibility index (Phi) is 3.15. The van der Waals surface area contributed by atoms with E-state index < -0.39 is 7.12 Å². The van der Waals surface area contributed by atoms with E-state index in [1.165, 1.54) is 19.3 Å². The van der Waals surface area contributed by atoms with Crippen LogP contribution in [0.3, 0.4) is 0 Å². The lowest BCUT2D eigenvalue weighted by molar-refractivity contribution is -0.101. The van der Waals surface area contributed by atoms with E-state index in [0.29, 0.717) is 6.61 Å². The monoisotopic (exact) mass is 198 g/mol. The Morgan fingerprint density at radius 1 is 1.14 bits per heavy atom. The van der Waals surface area contributed by atoms with Gasteiger partial charge in [-0.1, -0.05) is 19.3 Å². The van der Waals surface area contributed by atoms with Gasteiger partial charge in [-0.25, -0.2) is 0 Å². The minimum absolute atomic E-state index is 0.00905. The molecular formula is C10H19BO3. The molecule has 0 aromatic rings. The molecule has 1 aliphatic carbocycles. The predicted molar refractivity (Wildman–Crippen MR) is 54.9 cm³/mol. The molecule has 1 unspecified atom stereocenters. The molecule has 0 aromatic heterocycles. The average Bonchev–Trinajstić information content (AvgIpc) is 2.19. The van der Waals surface area contributed by atoms with Crippen LogP contribution < -0.4 is 0 Å². The van der Waals surface area contributed by atoms with Crippen LogP contribution in [0, 0.1) is 0 Å². The molecule has 4 heteroatoms. The second kappa shape index (κ2) is 4.21. The quantitative estimate of drug-likeness (QED) is 0.625. The van der Waals surface area contributed by atoms with Gasteiger partial charge < -0.3 is 14.8 Å². The van der Waals surface area contributed by atoms with Gasteiger partial charge in [0.2, 0.25) is 0 Å². The first-order valence-electron chi connectivity index (χ1n) is 5.72. The van der Waals surface area contributed by atoms with Gasteiger partial charge in [-0.05, 0) is 31.5 Å². The summed E-state index contributed by atoms with van der Waals surface area (Å²) in [4.78, 5) is 0. The summed E-state index contributed by atoms with van der Waals surface area (Å²) in [6.07, 6.45) is 7.61. The summed E-state index contributed by atoms with van der Waals surface area (Å²) in [5.41, 5.74) is -0.00905. The van der Waals surface area contributed by atoms with Gasteiger partial charge in [0.1, 0.15) is 0 Å². The summed E-state index contributed by atoms with van der Waals surface area (Å²) < 4.78 is 5.86. The van der Waals surface area contributed by atoms with Crippen molar-refractivity contribution in [3.63, 3.8) is 0 Å². The number of rotatable bonds is 1. The lowest BCUT2D eigenvalue weighted by Gasteiger charge is -2.43. The highest BCUT2D eigenvalue weighted by Gasteiger charge is 2.41.